The number of piperidine rings is 1. The predicted octanol–water partition coefficient (Wildman–Crippen LogP) is 4.66. The van der Waals surface area contributed by atoms with Crippen LogP contribution < -0.4 is 0 Å². The number of amides is 1. The van der Waals surface area contributed by atoms with E-state index in [1.165, 1.54) is 0 Å². The maximum atomic E-state index is 12.4. The molecule has 1 atom stereocenters. The summed E-state index contributed by atoms with van der Waals surface area (Å²) >= 11 is 7.18. The van der Waals surface area contributed by atoms with Crippen LogP contribution in [0.1, 0.15) is 39.2 Å². The lowest BCUT2D eigenvalue weighted by molar-refractivity contribution is -0.144. The second-order valence-corrected chi connectivity index (χ2v) is 9.95. The van der Waals surface area contributed by atoms with Crippen molar-refractivity contribution in [1.29, 1.82) is 0 Å². The summed E-state index contributed by atoms with van der Waals surface area (Å²) in [5.41, 5.74) is 0.433. The summed E-state index contributed by atoms with van der Waals surface area (Å²) in [6, 6.07) is 9.57. The van der Waals surface area contributed by atoms with Crippen LogP contribution in [0.5, 0.6) is 0 Å². The van der Waals surface area contributed by atoms with Crippen LogP contribution in [0.2, 0.25) is 0 Å². The number of alkyl halides is 2. The van der Waals surface area contributed by atoms with E-state index < -0.39 is 14.8 Å². The summed E-state index contributed by atoms with van der Waals surface area (Å²) in [6.45, 7) is 6.83. The molecule has 1 fully saturated rings. The number of hydrogen-bond acceptors (Lipinski definition) is 4. The zero-order chi connectivity index (χ0) is 19.4. The van der Waals surface area contributed by atoms with E-state index in [1.807, 2.05) is 51.1 Å². The molecule has 1 aromatic rings. The first-order valence-corrected chi connectivity index (χ1v) is 10.3. The Balaban J connectivity index is 1.86. The number of carbonyl (C=O) groups is 2. The first kappa shape index (κ1) is 21.2. The minimum atomic E-state index is -0.515. The Morgan fingerprint density at radius 3 is 2.31 bits per heavy atom. The highest BCUT2D eigenvalue weighted by Crippen LogP contribution is 2.39. The average Bonchev–Trinajstić information content (AvgIpc) is 2.59. The highest BCUT2D eigenvalue weighted by molar-refractivity contribution is 9.12. The molecule has 1 aliphatic rings. The summed E-state index contributed by atoms with van der Waals surface area (Å²) in [5.74, 6) is -0.309. The van der Waals surface area contributed by atoms with Crippen LogP contribution in [0, 0.1) is 0 Å². The lowest BCUT2D eigenvalue weighted by Gasteiger charge is -2.40. The number of halogens is 2. The normalized spacial score (nSPS) is 18.1. The molecule has 0 bridgehead atoms. The summed E-state index contributed by atoms with van der Waals surface area (Å²) < 4.78 is 10.4. The van der Waals surface area contributed by atoms with Gasteiger partial charge in [0.15, 0.2) is 0 Å². The molecule has 1 saturated heterocycles. The summed E-state index contributed by atoms with van der Waals surface area (Å²) in [5, 5.41) is 0. The van der Waals surface area contributed by atoms with Gasteiger partial charge in [-0.05, 0) is 39.2 Å². The predicted molar refractivity (Wildman–Crippen MR) is 108 cm³/mol. The fourth-order valence-electron chi connectivity index (χ4n) is 2.65. The molecule has 5 nitrogen and oxygen atoms in total. The van der Waals surface area contributed by atoms with Crippen molar-refractivity contribution < 1.29 is 19.1 Å². The molecule has 0 radical (unpaired) electrons. The Morgan fingerprint density at radius 2 is 1.77 bits per heavy atom. The van der Waals surface area contributed by atoms with E-state index >= 15 is 0 Å². The summed E-state index contributed by atoms with van der Waals surface area (Å²) in [7, 11) is 0. The van der Waals surface area contributed by atoms with Crippen molar-refractivity contribution in [2.24, 2.45) is 0 Å². The lowest BCUT2D eigenvalue weighted by atomic mass is 9.93. The number of nitrogens with zero attached hydrogens (tertiary/aromatic N) is 1. The van der Waals surface area contributed by atoms with Gasteiger partial charge in [0.25, 0.3) is 0 Å². The summed E-state index contributed by atoms with van der Waals surface area (Å²) in [6.07, 6.45) is 0.940. The smallest absolute Gasteiger partial charge is 0.410 e. The van der Waals surface area contributed by atoms with Gasteiger partial charge in [0, 0.05) is 13.1 Å². The molecule has 1 heterocycles. The molecule has 0 N–H and O–H groups in total. The van der Waals surface area contributed by atoms with E-state index in [4.69, 9.17) is 9.47 Å². The summed E-state index contributed by atoms with van der Waals surface area (Å²) in [4.78, 5) is 25.8. The first-order chi connectivity index (χ1) is 12.1. The van der Waals surface area contributed by atoms with Crippen LogP contribution in [0.3, 0.4) is 0 Å². The minimum Gasteiger partial charge on any atom is -0.460 e. The molecule has 144 valence electrons. The van der Waals surface area contributed by atoms with E-state index in [1.54, 1.807) is 4.90 Å². The van der Waals surface area contributed by atoms with Gasteiger partial charge in [-0.25, -0.2) is 4.79 Å². The van der Waals surface area contributed by atoms with Crippen molar-refractivity contribution >= 4 is 43.9 Å². The number of likely N-dealkylation sites (tertiary alicyclic amines) is 1. The Labute approximate surface area is 171 Å². The molecule has 1 unspecified atom stereocenters. The molecule has 0 spiro atoms. The third-order valence-corrected chi connectivity index (χ3v) is 7.25. The van der Waals surface area contributed by atoms with Crippen LogP contribution in [0.4, 0.5) is 4.79 Å². The van der Waals surface area contributed by atoms with Crippen LogP contribution >= 0.6 is 31.9 Å². The van der Waals surface area contributed by atoms with Crippen molar-refractivity contribution in [3.05, 3.63) is 35.9 Å². The highest BCUT2D eigenvalue weighted by Gasteiger charge is 2.44. The van der Waals surface area contributed by atoms with E-state index in [0.717, 1.165) is 5.56 Å². The molecule has 2 rings (SSSR count). The van der Waals surface area contributed by atoms with E-state index in [0.29, 0.717) is 25.9 Å². The van der Waals surface area contributed by atoms with Crippen molar-refractivity contribution in [3.8, 4) is 0 Å². The molecule has 26 heavy (non-hydrogen) atoms. The number of benzene rings is 1. The van der Waals surface area contributed by atoms with Gasteiger partial charge in [-0.2, -0.15) is 0 Å². The van der Waals surface area contributed by atoms with Crippen LogP contribution in [-0.2, 0) is 20.9 Å². The maximum Gasteiger partial charge on any atom is 0.410 e. The topological polar surface area (TPSA) is 55.8 Å². The van der Waals surface area contributed by atoms with Gasteiger partial charge >= 0.3 is 12.1 Å². The van der Waals surface area contributed by atoms with Gasteiger partial charge in [-0.15, -0.1) is 0 Å². The first-order valence-electron chi connectivity index (χ1n) is 8.62. The van der Waals surface area contributed by atoms with Gasteiger partial charge in [-0.1, -0.05) is 62.2 Å². The molecule has 0 aliphatic carbocycles. The molecule has 1 aliphatic heterocycles. The zero-order valence-corrected chi connectivity index (χ0v) is 18.5. The second kappa shape index (κ2) is 8.74. The van der Waals surface area contributed by atoms with Crippen molar-refractivity contribution in [1.82, 2.24) is 4.90 Å². The van der Waals surface area contributed by atoms with Gasteiger partial charge < -0.3 is 14.4 Å². The fourth-order valence-corrected chi connectivity index (χ4v) is 3.79. The Hall–Kier alpha value is -1.08. The number of hydrogen-bond donors (Lipinski definition) is 0. The van der Waals surface area contributed by atoms with Crippen LogP contribution in [-0.4, -0.2) is 44.8 Å². The number of esters is 1. The van der Waals surface area contributed by atoms with E-state index in [2.05, 4.69) is 31.9 Å². The van der Waals surface area contributed by atoms with Crippen LogP contribution in [0.15, 0.2) is 30.3 Å². The second-order valence-electron chi connectivity index (χ2n) is 7.46. The molecular weight excluding hydrogens is 466 g/mol. The standard InChI is InChI=1S/C19H25Br2NO4/c1-18(2,3)26-17(24)22-11-9-19(21,10-12-22)15(20)16(23)25-13-14-7-5-4-6-8-14/h4-8,15H,9-13H2,1-3H3. The number of ether oxygens (including phenoxy) is 2. The maximum absolute atomic E-state index is 12.4. The monoisotopic (exact) mass is 489 g/mol. The number of rotatable bonds is 4. The van der Waals surface area contributed by atoms with Crippen LogP contribution in [0.25, 0.3) is 0 Å². The average molecular weight is 491 g/mol. The van der Waals surface area contributed by atoms with E-state index in [-0.39, 0.29) is 18.7 Å². The molecular formula is C19H25Br2NO4. The lowest BCUT2D eigenvalue weighted by Crippen LogP contribution is -2.50. The van der Waals surface area contributed by atoms with Gasteiger partial charge in [0.05, 0.1) is 4.32 Å². The molecule has 1 aromatic carbocycles. The zero-order valence-electron chi connectivity index (χ0n) is 15.3. The van der Waals surface area contributed by atoms with Gasteiger partial charge in [0.1, 0.15) is 17.0 Å². The highest BCUT2D eigenvalue weighted by atomic mass is 79.9. The van der Waals surface area contributed by atoms with Crippen molar-refractivity contribution in [2.45, 2.75) is 55.0 Å². The molecule has 7 heteroatoms. The Bertz CT molecular complexity index is 622. The van der Waals surface area contributed by atoms with Crippen molar-refractivity contribution in [3.63, 3.8) is 0 Å². The van der Waals surface area contributed by atoms with Gasteiger partial charge in [0.2, 0.25) is 0 Å². The number of carbonyl (C=O) groups excluding carboxylic acids is 2. The third kappa shape index (κ3) is 5.98. The van der Waals surface area contributed by atoms with E-state index in [9.17, 15) is 9.59 Å². The van der Waals surface area contributed by atoms with Gasteiger partial charge in [-0.3, -0.25) is 4.79 Å². The molecule has 0 saturated carbocycles. The SMILES string of the molecule is CC(C)(C)OC(=O)N1CCC(Br)(C(Br)C(=O)OCc2ccccc2)CC1. The third-order valence-electron chi connectivity index (χ3n) is 4.13. The Kier molecular flexibility index (Phi) is 7.13. The fraction of sp³-hybridized carbons (Fsp3) is 0.579. The Morgan fingerprint density at radius 1 is 1.19 bits per heavy atom. The van der Waals surface area contributed by atoms with Crippen molar-refractivity contribution in [2.75, 3.05) is 13.1 Å². The largest absolute Gasteiger partial charge is 0.460 e. The minimum absolute atomic E-state index is 0.245. The molecule has 1 amide bonds. The quantitative estimate of drug-likeness (QED) is 0.455. The molecule has 0 aromatic heterocycles.